The van der Waals surface area contributed by atoms with E-state index >= 15 is 0 Å². The first-order valence-electron chi connectivity index (χ1n) is 8.81. The van der Waals surface area contributed by atoms with Crippen molar-refractivity contribution in [3.8, 4) is 0 Å². The Morgan fingerprint density at radius 2 is 2.16 bits per heavy atom. The zero-order chi connectivity index (χ0) is 17.6. The van der Waals surface area contributed by atoms with E-state index in [0.717, 1.165) is 12.8 Å². The van der Waals surface area contributed by atoms with Gasteiger partial charge in [-0.05, 0) is 49.3 Å². The molecule has 0 spiro atoms. The molecule has 1 aromatic heterocycles. The Kier molecular flexibility index (Phi) is 4.03. The largest absolute Gasteiger partial charge is 0.423 e. The summed E-state index contributed by atoms with van der Waals surface area (Å²) in [7, 11) is 3.73. The molecular weight excluding hydrogens is 320 g/mol. The fraction of sp³-hybridized carbons (Fsp3) is 0.556. The summed E-state index contributed by atoms with van der Waals surface area (Å²) in [4.78, 5) is 18.6. The number of aromatic nitrogens is 1. The molecule has 0 aliphatic heterocycles. The lowest BCUT2D eigenvalue weighted by molar-refractivity contribution is 0.146. The fourth-order valence-electron chi connectivity index (χ4n) is 4.40. The first-order valence-corrected chi connectivity index (χ1v) is 8.81. The molecule has 2 fully saturated rings. The van der Waals surface area contributed by atoms with Crippen LogP contribution in [0.4, 0.5) is 16.5 Å². The number of benzene rings is 1. The second kappa shape index (κ2) is 6.22. The van der Waals surface area contributed by atoms with Crippen molar-refractivity contribution in [2.24, 2.45) is 17.8 Å². The van der Waals surface area contributed by atoms with E-state index in [1.807, 2.05) is 14.1 Å². The molecule has 7 heteroatoms. The number of carbonyl (C=O) groups excluding carboxylic acids is 1. The molecule has 2 aromatic rings. The van der Waals surface area contributed by atoms with E-state index < -0.39 is 0 Å². The summed E-state index contributed by atoms with van der Waals surface area (Å²) >= 11 is 0. The average Bonchev–Trinajstić information content (AvgIpc) is 3.28. The number of fused-ring (bicyclic) bond motifs is 3. The van der Waals surface area contributed by atoms with Crippen molar-refractivity contribution >= 4 is 28.8 Å². The SMILES string of the molecule is CN(C)c1nc2cc(NC(=O)NC3C4CCC(C4)C3CO)ccc2o1. The van der Waals surface area contributed by atoms with Gasteiger partial charge in [-0.15, -0.1) is 0 Å². The van der Waals surface area contributed by atoms with Gasteiger partial charge in [0.25, 0.3) is 6.01 Å². The predicted octanol–water partition coefficient (Wildman–Crippen LogP) is 2.42. The molecule has 4 unspecified atom stereocenters. The first kappa shape index (κ1) is 16.2. The Bertz CT molecular complexity index is 788. The molecule has 2 amide bonds. The molecule has 134 valence electrons. The van der Waals surface area contributed by atoms with E-state index in [9.17, 15) is 9.90 Å². The van der Waals surface area contributed by atoms with Crippen molar-refractivity contribution in [1.82, 2.24) is 10.3 Å². The Morgan fingerprint density at radius 3 is 2.92 bits per heavy atom. The van der Waals surface area contributed by atoms with Crippen molar-refractivity contribution in [2.75, 3.05) is 30.9 Å². The summed E-state index contributed by atoms with van der Waals surface area (Å²) in [5.74, 6) is 1.23. The third-order valence-electron chi connectivity index (χ3n) is 5.61. The maximum atomic E-state index is 12.4. The van der Waals surface area contributed by atoms with Crippen LogP contribution in [0.1, 0.15) is 19.3 Å². The molecule has 1 aromatic carbocycles. The van der Waals surface area contributed by atoms with Gasteiger partial charge in [0.2, 0.25) is 0 Å². The zero-order valence-electron chi connectivity index (χ0n) is 14.5. The number of nitrogens with zero attached hydrogens (tertiary/aromatic N) is 2. The van der Waals surface area contributed by atoms with Crippen LogP contribution in [0.15, 0.2) is 22.6 Å². The van der Waals surface area contributed by atoms with Gasteiger partial charge in [-0.2, -0.15) is 4.98 Å². The summed E-state index contributed by atoms with van der Waals surface area (Å²) < 4.78 is 5.62. The topological polar surface area (TPSA) is 90.6 Å². The molecule has 1 heterocycles. The van der Waals surface area contributed by atoms with Crippen molar-refractivity contribution in [2.45, 2.75) is 25.3 Å². The third kappa shape index (κ3) is 2.93. The van der Waals surface area contributed by atoms with Crippen molar-refractivity contribution in [3.63, 3.8) is 0 Å². The summed E-state index contributed by atoms with van der Waals surface area (Å²) in [6, 6.07) is 5.78. The predicted molar refractivity (Wildman–Crippen MR) is 95.7 cm³/mol. The summed E-state index contributed by atoms with van der Waals surface area (Å²) in [5, 5.41) is 15.6. The lowest BCUT2D eigenvalue weighted by Crippen LogP contribution is -2.46. The zero-order valence-corrected chi connectivity index (χ0v) is 14.5. The summed E-state index contributed by atoms with van der Waals surface area (Å²) in [5.41, 5.74) is 2.06. The number of anilines is 2. The molecule has 7 nitrogen and oxygen atoms in total. The number of amides is 2. The van der Waals surface area contributed by atoms with E-state index in [-0.39, 0.29) is 24.6 Å². The van der Waals surface area contributed by atoms with Crippen LogP contribution in [0.2, 0.25) is 0 Å². The van der Waals surface area contributed by atoms with E-state index in [2.05, 4.69) is 15.6 Å². The number of hydrogen-bond acceptors (Lipinski definition) is 5. The first-order chi connectivity index (χ1) is 12.0. The standard InChI is InChI=1S/C18H24N4O3/c1-22(2)18-20-14-8-12(5-6-15(14)25-18)19-17(24)21-16-11-4-3-10(7-11)13(16)9-23/h5-6,8,10-11,13,16,23H,3-4,7,9H2,1-2H3,(H2,19,21,24). The molecule has 2 saturated carbocycles. The van der Waals surface area contributed by atoms with Crippen LogP contribution >= 0.6 is 0 Å². The lowest BCUT2D eigenvalue weighted by atomic mass is 9.85. The maximum Gasteiger partial charge on any atom is 0.319 e. The highest BCUT2D eigenvalue weighted by atomic mass is 16.4. The number of hydrogen-bond donors (Lipinski definition) is 3. The minimum absolute atomic E-state index is 0.0693. The molecule has 25 heavy (non-hydrogen) atoms. The number of oxazole rings is 1. The monoisotopic (exact) mass is 344 g/mol. The molecule has 0 saturated heterocycles. The van der Waals surface area contributed by atoms with Gasteiger partial charge < -0.3 is 25.1 Å². The van der Waals surface area contributed by atoms with E-state index in [4.69, 9.17) is 4.42 Å². The molecule has 3 N–H and O–H groups in total. The van der Waals surface area contributed by atoms with Crippen LogP contribution in [-0.4, -0.2) is 42.9 Å². The van der Waals surface area contributed by atoms with Crippen LogP contribution in [0.5, 0.6) is 0 Å². The second-order valence-electron chi connectivity index (χ2n) is 7.38. The van der Waals surface area contributed by atoms with Crippen LogP contribution in [0.3, 0.4) is 0 Å². The number of aliphatic hydroxyl groups is 1. The molecule has 0 radical (unpaired) electrons. The smallest absolute Gasteiger partial charge is 0.319 e. The van der Waals surface area contributed by atoms with Crippen LogP contribution in [-0.2, 0) is 0 Å². The van der Waals surface area contributed by atoms with Crippen LogP contribution in [0, 0.1) is 17.8 Å². The van der Waals surface area contributed by atoms with Gasteiger partial charge in [-0.3, -0.25) is 0 Å². The number of urea groups is 1. The number of aliphatic hydroxyl groups excluding tert-OH is 1. The van der Waals surface area contributed by atoms with Gasteiger partial charge >= 0.3 is 6.03 Å². The molecule has 2 bridgehead atoms. The number of nitrogens with one attached hydrogen (secondary N) is 2. The minimum Gasteiger partial charge on any atom is -0.423 e. The third-order valence-corrected chi connectivity index (χ3v) is 5.61. The van der Waals surface area contributed by atoms with Crippen LogP contribution < -0.4 is 15.5 Å². The van der Waals surface area contributed by atoms with Gasteiger partial charge in [0.05, 0.1) is 0 Å². The van der Waals surface area contributed by atoms with Gasteiger partial charge in [0.15, 0.2) is 5.58 Å². The molecule has 2 aliphatic rings. The Labute approximate surface area is 146 Å². The van der Waals surface area contributed by atoms with E-state index in [1.165, 1.54) is 6.42 Å². The second-order valence-corrected chi connectivity index (χ2v) is 7.38. The Hall–Kier alpha value is -2.28. The molecule has 2 aliphatic carbocycles. The van der Waals surface area contributed by atoms with Crippen molar-refractivity contribution in [1.29, 1.82) is 0 Å². The highest BCUT2D eigenvalue weighted by molar-refractivity contribution is 5.92. The summed E-state index contributed by atoms with van der Waals surface area (Å²) in [6.45, 7) is 0.143. The lowest BCUT2D eigenvalue weighted by Gasteiger charge is -2.30. The molecule has 4 rings (SSSR count). The number of rotatable bonds is 4. The quantitative estimate of drug-likeness (QED) is 0.792. The minimum atomic E-state index is -0.230. The van der Waals surface area contributed by atoms with Gasteiger partial charge in [-0.1, -0.05) is 0 Å². The number of carbonyl (C=O) groups is 1. The average molecular weight is 344 g/mol. The van der Waals surface area contributed by atoms with E-state index in [0.29, 0.717) is 34.6 Å². The highest BCUT2D eigenvalue weighted by Crippen LogP contribution is 2.48. The normalized spacial score (nSPS) is 27.6. The van der Waals surface area contributed by atoms with Gasteiger partial charge in [0.1, 0.15) is 5.52 Å². The van der Waals surface area contributed by atoms with Gasteiger partial charge in [-0.25, -0.2) is 4.79 Å². The van der Waals surface area contributed by atoms with Crippen molar-refractivity contribution < 1.29 is 14.3 Å². The summed E-state index contributed by atoms with van der Waals surface area (Å²) in [6.07, 6.45) is 3.44. The van der Waals surface area contributed by atoms with Crippen LogP contribution in [0.25, 0.3) is 11.1 Å². The Balaban J connectivity index is 1.44. The van der Waals surface area contributed by atoms with Crippen molar-refractivity contribution in [3.05, 3.63) is 18.2 Å². The van der Waals surface area contributed by atoms with Gasteiger partial charge in [0, 0.05) is 38.3 Å². The highest BCUT2D eigenvalue weighted by Gasteiger charge is 2.47. The molecule has 4 atom stereocenters. The molecular formula is C18H24N4O3. The maximum absolute atomic E-state index is 12.4. The van der Waals surface area contributed by atoms with E-state index in [1.54, 1.807) is 23.1 Å². The Morgan fingerprint density at radius 1 is 1.36 bits per heavy atom. The fourth-order valence-corrected chi connectivity index (χ4v) is 4.40.